The maximum Gasteiger partial charge on any atom is 0.307 e. The van der Waals surface area contributed by atoms with E-state index in [1.165, 1.54) is 12.3 Å². The van der Waals surface area contributed by atoms with E-state index in [0.717, 1.165) is 5.39 Å². The van der Waals surface area contributed by atoms with Gasteiger partial charge in [0.1, 0.15) is 23.8 Å². The summed E-state index contributed by atoms with van der Waals surface area (Å²) in [4.78, 5) is 12.4. The molecule has 0 radical (unpaired) electrons. The van der Waals surface area contributed by atoms with Crippen molar-refractivity contribution < 1.29 is 23.1 Å². The molecule has 0 saturated heterocycles. The zero-order chi connectivity index (χ0) is 24.1. The molecule has 1 heterocycles. The topological polar surface area (TPSA) is 73.1 Å². The molecule has 0 aliphatic carbocycles. The molecule has 9 heteroatoms. The molecule has 4 rings (SSSR count). The molecule has 1 amide bonds. The van der Waals surface area contributed by atoms with Crippen molar-refractivity contribution in [3.63, 3.8) is 0 Å². The van der Waals surface area contributed by atoms with Crippen molar-refractivity contribution in [1.82, 2.24) is 5.43 Å². The fraction of sp³-hybridized carbons (Fsp3) is 0.120. The average molecular weight is 501 g/mol. The van der Waals surface area contributed by atoms with Gasteiger partial charge in [0.2, 0.25) is 0 Å². The first-order valence-electron chi connectivity index (χ1n) is 10.3. The van der Waals surface area contributed by atoms with Gasteiger partial charge in [-0.2, -0.15) is 5.10 Å². The quantitative estimate of drug-likeness (QED) is 0.218. The molecule has 0 aliphatic rings. The second-order valence-electron chi connectivity index (χ2n) is 7.14. The molecule has 0 atom stereocenters. The number of nitrogens with one attached hydrogen (secondary N) is 1. The number of hydrogen-bond acceptors (Lipinski definition) is 5. The van der Waals surface area contributed by atoms with Crippen LogP contribution in [0.2, 0.25) is 10.0 Å². The highest BCUT2D eigenvalue weighted by Gasteiger charge is 2.13. The van der Waals surface area contributed by atoms with E-state index in [4.69, 9.17) is 37.1 Å². The maximum atomic E-state index is 13.8. The molecule has 0 bridgehead atoms. The van der Waals surface area contributed by atoms with E-state index < -0.39 is 5.91 Å². The number of halogens is 3. The van der Waals surface area contributed by atoms with E-state index in [0.29, 0.717) is 29.1 Å². The molecule has 1 aromatic heterocycles. The lowest BCUT2D eigenvalue weighted by atomic mass is 10.2. The standard InChI is InChI=1S/C25H19Cl2FN2O4/c1-2-32-18-7-8-22-17(11-18)12-23(34-22)25(31)30-29-13-15-9-19(26)24(20(27)10-15)33-14-16-5-3-4-6-21(16)28/h3-13H,2,14H2,1H3,(H,30,31)/b29-13+. The zero-order valence-corrected chi connectivity index (χ0v) is 19.5. The minimum absolute atomic E-state index is 0.0286. The third-order valence-corrected chi connectivity index (χ3v) is 5.31. The first-order valence-corrected chi connectivity index (χ1v) is 11.0. The third kappa shape index (κ3) is 5.50. The van der Waals surface area contributed by atoms with Gasteiger partial charge >= 0.3 is 5.91 Å². The smallest absolute Gasteiger partial charge is 0.307 e. The SMILES string of the molecule is CCOc1ccc2oc(C(=O)N/N=C/c3cc(Cl)c(OCc4ccccc4F)c(Cl)c3)cc2c1. The number of nitrogens with zero attached hydrogens (tertiary/aromatic N) is 1. The maximum absolute atomic E-state index is 13.8. The number of benzene rings is 3. The van der Waals surface area contributed by atoms with E-state index in [-0.39, 0.29) is 34.0 Å². The Balaban J connectivity index is 1.41. The van der Waals surface area contributed by atoms with Gasteiger partial charge < -0.3 is 13.9 Å². The van der Waals surface area contributed by atoms with Crippen molar-refractivity contribution in [2.75, 3.05) is 6.61 Å². The van der Waals surface area contributed by atoms with Gasteiger partial charge in [0.15, 0.2) is 11.5 Å². The number of fused-ring (bicyclic) bond motifs is 1. The predicted octanol–water partition coefficient (Wildman–Crippen LogP) is 6.62. The lowest BCUT2D eigenvalue weighted by molar-refractivity contribution is 0.0929. The lowest BCUT2D eigenvalue weighted by Gasteiger charge is -2.11. The Bertz CT molecular complexity index is 1350. The van der Waals surface area contributed by atoms with Crippen LogP contribution >= 0.6 is 23.2 Å². The molecule has 4 aromatic rings. The number of amides is 1. The van der Waals surface area contributed by atoms with Gasteiger partial charge in [0, 0.05) is 10.9 Å². The van der Waals surface area contributed by atoms with Crippen molar-refractivity contribution in [2.45, 2.75) is 13.5 Å². The highest BCUT2D eigenvalue weighted by Crippen LogP contribution is 2.34. The highest BCUT2D eigenvalue weighted by molar-refractivity contribution is 6.37. The Morgan fingerprint density at radius 3 is 2.59 bits per heavy atom. The summed E-state index contributed by atoms with van der Waals surface area (Å²) in [5, 5.41) is 5.12. The Kier molecular flexibility index (Phi) is 7.35. The minimum atomic E-state index is -0.521. The number of carbonyl (C=O) groups excluding carboxylic acids is 1. The first kappa shape index (κ1) is 23.6. The molecule has 6 nitrogen and oxygen atoms in total. The molecule has 174 valence electrons. The van der Waals surface area contributed by atoms with Crippen molar-refractivity contribution in [3.05, 3.63) is 93.4 Å². The van der Waals surface area contributed by atoms with Gasteiger partial charge in [-0.25, -0.2) is 9.82 Å². The predicted molar refractivity (Wildman–Crippen MR) is 130 cm³/mol. The fourth-order valence-electron chi connectivity index (χ4n) is 3.17. The molecule has 3 aromatic carbocycles. The first-order chi connectivity index (χ1) is 16.4. The Morgan fingerprint density at radius 2 is 1.85 bits per heavy atom. The van der Waals surface area contributed by atoms with E-state index in [1.54, 1.807) is 54.6 Å². The van der Waals surface area contributed by atoms with Gasteiger partial charge in [0.25, 0.3) is 0 Å². The van der Waals surface area contributed by atoms with E-state index in [1.807, 2.05) is 6.92 Å². The van der Waals surface area contributed by atoms with Crippen molar-refractivity contribution >= 4 is 46.3 Å². The Hall–Kier alpha value is -3.55. The molecule has 34 heavy (non-hydrogen) atoms. The molecule has 0 unspecified atom stereocenters. The van der Waals surface area contributed by atoms with Gasteiger partial charge in [-0.05, 0) is 55.0 Å². The molecule has 0 saturated carbocycles. The lowest BCUT2D eigenvalue weighted by Crippen LogP contribution is -2.16. The summed E-state index contributed by atoms with van der Waals surface area (Å²) in [6.07, 6.45) is 1.38. The summed E-state index contributed by atoms with van der Waals surface area (Å²) in [6.45, 7) is 2.40. The molecular weight excluding hydrogens is 482 g/mol. The average Bonchev–Trinajstić information content (AvgIpc) is 3.23. The van der Waals surface area contributed by atoms with Gasteiger partial charge in [-0.1, -0.05) is 41.4 Å². The number of hydrazone groups is 1. The van der Waals surface area contributed by atoms with Gasteiger partial charge in [0.05, 0.1) is 22.9 Å². The number of furan rings is 1. The van der Waals surface area contributed by atoms with Gasteiger partial charge in [-0.3, -0.25) is 4.79 Å². The molecule has 1 N–H and O–H groups in total. The summed E-state index contributed by atoms with van der Waals surface area (Å²) in [5.74, 6) is 0.118. The molecule has 0 aliphatic heterocycles. The van der Waals surface area contributed by atoms with Crippen molar-refractivity contribution in [3.8, 4) is 11.5 Å². The summed E-state index contributed by atoms with van der Waals surface area (Å²) in [5.41, 5.74) is 3.86. The van der Waals surface area contributed by atoms with Crippen LogP contribution in [0.5, 0.6) is 11.5 Å². The highest BCUT2D eigenvalue weighted by atomic mass is 35.5. The van der Waals surface area contributed by atoms with Crippen LogP contribution in [0.3, 0.4) is 0 Å². The third-order valence-electron chi connectivity index (χ3n) is 4.75. The van der Waals surface area contributed by atoms with E-state index in [2.05, 4.69) is 10.5 Å². The Labute approximate surface area is 204 Å². The number of carbonyl (C=O) groups is 1. The van der Waals surface area contributed by atoms with Crippen LogP contribution in [0, 0.1) is 5.82 Å². The van der Waals surface area contributed by atoms with Crippen LogP contribution in [-0.2, 0) is 6.61 Å². The van der Waals surface area contributed by atoms with Crippen LogP contribution in [0.1, 0.15) is 28.6 Å². The zero-order valence-electron chi connectivity index (χ0n) is 18.0. The minimum Gasteiger partial charge on any atom is -0.494 e. The second kappa shape index (κ2) is 10.6. The largest absolute Gasteiger partial charge is 0.494 e. The number of ether oxygens (including phenoxy) is 2. The molecule has 0 spiro atoms. The van der Waals surface area contributed by atoms with Crippen molar-refractivity contribution in [2.24, 2.45) is 5.10 Å². The van der Waals surface area contributed by atoms with Crippen LogP contribution in [0.25, 0.3) is 11.0 Å². The molecule has 0 fully saturated rings. The fourth-order valence-corrected chi connectivity index (χ4v) is 3.78. The van der Waals surface area contributed by atoms with Crippen LogP contribution in [0.15, 0.2) is 70.2 Å². The van der Waals surface area contributed by atoms with Crippen LogP contribution in [0.4, 0.5) is 4.39 Å². The number of hydrogen-bond donors (Lipinski definition) is 1. The normalized spacial score (nSPS) is 11.2. The molecular formula is C25H19Cl2FN2O4. The summed E-state index contributed by atoms with van der Waals surface area (Å²) in [6, 6.07) is 16.3. The van der Waals surface area contributed by atoms with E-state index >= 15 is 0 Å². The summed E-state index contributed by atoms with van der Waals surface area (Å²) in [7, 11) is 0. The summed E-state index contributed by atoms with van der Waals surface area (Å²) >= 11 is 12.6. The van der Waals surface area contributed by atoms with E-state index in [9.17, 15) is 9.18 Å². The van der Waals surface area contributed by atoms with Gasteiger partial charge in [-0.15, -0.1) is 0 Å². The number of rotatable bonds is 8. The van der Waals surface area contributed by atoms with Crippen LogP contribution in [-0.4, -0.2) is 18.7 Å². The summed E-state index contributed by atoms with van der Waals surface area (Å²) < 4.78 is 30.4. The Morgan fingerprint density at radius 1 is 1.09 bits per heavy atom. The monoisotopic (exact) mass is 500 g/mol. The second-order valence-corrected chi connectivity index (χ2v) is 7.95. The van der Waals surface area contributed by atoms with Crippen LogP contribution < -0.4 is 14.9 Å². The van der Waals surface area contributed by atoms with Crippen molar-refractivity contribution in [1.29, 1.82) is 0 Å².